The molecule has 0 aromatic carbocycles. The summed E-state index contributed by atoms with van der Waals surface area (Å²) in [7, 11) is 1.35. The monoisotopic (exact) mass is 351 g/mol. The van der Waals surface area contributed by atoms with E-state index in [0.717, 1.165) is 0 Å². The smallest absolute Gasteiger partial charge is 0.226 e. The molecule has 1 unspecified atom stereocenters. The first-order chi connectivity index (χ1) is 9.08. The Hall–Kier alpha value is -1.27. The van der Waals surface area contributed by atoms with E-state index < -0.39 is 17.9 Å². The maximum Gasteiger partial charge on any atom is 0.226 e. The predicted octanol–water partition coefficient (Wildman–Crippen LogP) is 0.765. The summed E-state index contributed by atoms with van der Waals surface area (Å²) in [6, 6.07) is -0.851. The largest absolute Gasteiger partial charge is 0.699 e. The van der Waals surface area contributed by atoms with Crippen LogP contribution in [-0.2, 0) is 51.8 Å². The van der Waals surface area contributed by atoms with Gasteiger partial charge < -0.3 is 14.8 Å². The Labute approximate surface area is 142 Å². The molecule has 105 valence electrons. The number of methoxy groups -OCH3 is 1. The normalized spacial score (nSPS) is 19.1. The Morgan fingerprint density at radius 1 is 1.55 bits per heavy atom. The number of hydrogen-bond acceptors (Lipinski definition) is 4. The van der Waals surface area contributed by atoms with Crippen LogP contribution in [0.3, 0.4) is 0 Å². The third kappa shape index (κ3) is 5.80. The fraction of sp³-hybridized carbons (Fsp3) is 0.308. The van der Waals surface area contributed by atoms with E-state index in [9.17, 15) is 14.4 Å². The van der Waals surface area contributed by atoms with Gasteiger partial charge in [-0.1, -0.05) is 6.08 Å². The van der Waals surface area contributed by atoms with E-state index in [4.69, 9.17) is 0 Å². The van der Waals surface area contributed by atoms with Crippen molar-refractivity contribution in [2.45, 2.75) is 18.9 Å². The molecular formula is C13H14N2O4Y-2. The quantitative estimate of drug-likeness (QED) is 0.261. The second kappa shape index (κ2) is 9.61. The topological polar surface area (TPSA) is 86.6 Å². The molecule has 1 heterocycles. The maximum absolute atomic E-state index is 11.8. The van der Waals surface area contributed by atoms with Crippen LogP contribution in [0, 0.1) is 6.26 Å². The number of imide groups is 1. The van der Waals surface area contributed by atoms with Crippen LogP contribution < -0.4 is 5.32 Å². The minimum absolute atomic E-state index is 0. The molecule has 1 rings (SSSR count). The maximum atomic E-state index is 11.8. The molecule has 0 aromatic rings. The van der Waals surface area contributed by atoms with Crippen LogP contribution in [0.5, 0.6) is 0 Å². The number of nitrogens with one attached hydrogen (secondary N) is 1. The van der Waals surface area contributed by atoms with Gasteiger partial charge in [-0.05, 0) is 18.4 Å². The van der Waals surface area contributed by atoms with Crippen LogP contribution in [0.2, 0.25) is 0 Å². The zero-order valence-electron chi connectivity index (χ0n) is 11.1. The van der Waals surface area contributed by atoms with Crippen molar-refractivity contribution in [1.29, 1.82) is 0 Å². The fourth-order valence-corrected chi connectivity index (χ4v) is 1.44. The Morgan fingerprint density at radius 2 is 2.25 bits per heavy atom. The molecule has 6 nitrogen and oxygen atoms in total. The van der Waals surface area contributed by atoms with Crippen LogP contribution in [0.4, 0.5) is 0 Å². The van der Waals surface area contributed by atoms with E-state index in [0.29, 0.717) is 0 Å². The van der Waals surface area contributed by atoms with Crippen molar-refractivity contribution in [3.63, 3.8) is 0 Å². The van der Waals surface area contributed by atoms with Gasteiger partial charge >= 0.3 is 0 Å². The van der Waals surface area contributed by atoms with Crippen LogP contribution in [0.1, 0.15) is 12.8 Å². The van der Waals surface area contributed by atoms with Crippen molar-refractivity contribution in [3.05, 3.63) is 42.0 Å². The molecule has 7 heteroatoms. The Kier molecular flexibility index (Phi) is 9.00. The van der Waals surface area contributed by atoms with Gasteiger partial charge in [-0.25, -0.2) is 0 Å². The first-order valence-corrected chi connectivity index (χ1v) is 5.62. The average Bonchev–Trinajstić information content (AvgIpc) is 2.37. The number of rotatable bonds is 5. The van der Waals surface area contributed by atoms with Gasteiger partial charge in [0.1, 0.15) is 0 Å². The van der Waals surface area contributed by atoms with Crippen molar-refractivity contribution in [3.8, 4) is 0 Å². The molecule has 1 saturated heterocycles. The van der Waals surface area contributed by atoms with Gasteiger partial charge in [-0.3, -0.25) is 14.9 Å². The molecule has 1 radical (unpaired) electrons. The van der Waals surface area contributed by atoms with Crippen LogP contribution in [0.25, 0.3) is 5.32 Å². The number of amides is 3. The third-order valence-corrected chi connectivity index (χ3v) is 2.32. The second-order valence-electron chi connectivity index (χ2n) is 3.72. The third-order valence-electron chi connectivity index (χ3n) is 2.32. The van der Waals surface area contributed by atoms with Crippen molar-refractivity contribution in [2.75, 3.05) is 7.11 Å². The summed E-state index contributed by atoms with van der Waals surface area (Å²) in [4.78, 5) is 34.3. The first-order valence-electron chi connectivity index (χ1n) is 5.62. The molecule has 1 aliphatic heterocycles. The van der Waals surface area contributed by atoms with Crippen molar-refractivity contribution >= 4 is 17.7 Å². The van der Waals surface area contributed by atoms with Crippen molar-refractivity contribution in [1.82, 2.24) is 5.32 Å². The van der Waals surface area contributed by atoms with Gasteiger partial charge in [0.05, 0.1) is 7.11 Å². The molecule has 1 N–H and O–H groups in total. The van der Waals surface area contributed by atoms with Crippen LogP contribution >= 0.6 is 0 Å². The molecule has 0 bridgehead atoms. The summed E-state index contributed by atoms with van der Waals surface area (Å²) in [6.45, 7) is 3.48. The summed E-state index contributed by atoms with van der Waals surface area (Å²) >= 11 is 0. The summed E-state index contributed by atoms with van der Waals surface area (Å²) in [5.74, 6) is -1.54. The molecular weight excluding hydrogens is 337 g/mol. The molecule has 1 fully saturated rings. The summed E-state index contributed by atoms with van der Waals surface area (Å²) in [5.41, 5.74) is 0.0760. The van der Waals surface area contributed by atoms with Crippen LogP contribution in [0.15, 0.2) is 30.4 Å². The van der Waals surface area contributed by atoms with E-state index >= 15 is 0 Å². The Bertz CT molecular complexity index is 457. The van der Waals surface area contributed by atoms with Gasteiger partial charge in [0.2, 0.25) is 11.8 Å². The van der Waals surface area contributed by atoms with Gasteiger partial charge in [0, 0.05) is 45.4 Å². The standard InChI is InChI=1S/C13H15N2O4.Y/c1-3-4-5-9(8-19-2)12(17)14-10-6-7-11(16)15-13(10)18;/h3-5,10H,1,6-7H2,2H3,(H2,14,15,16,17,18);/q-1;/p-1/b5-4-;. The Balaban J connectivity index is 0.00000361. The Morgan fingerprint density at radius 3 is 2.80 bits per heavy atom. The zero-order valence-corrected chi connectivity index (χ0v) is 13.9. The number of allylic oxidation sites excluding steroid dienone is 2. The number of nitrogens with zero attached hydrogens (tertiary/aromatic N) is 1. The van der Waals surface area contributed by atoms with Crippen molar-refractivity contribution < 1.29 is 51.8 Å². The van der Waals surface area contributed by atoms with E-state index in [1.54, 1.807) is 0 Å². The second-order valence-corrected chi connectivity index (χ2v) is 3.72. The molecule has 0 spiro atoms. The average molecular weight is 351 g/mol. The minimum atomic E-state index is -0.851. The number of piperidine rings is 1. The molecule has 0 saturated carbocycles. The predicted molar refractivity (Wildman–Crippen MR) is 67.6 cm³/mol. The van der Waals surface area contributed by atoms with Crippen molar-refractivity contribution in [2.24, 2.45) is 0 Å². The summed E-state index contributed by atoms with van der Waals surface area (Å²) in [5, 5.41) is 5.88. The van der Waals surface area contributed by atoms with Gasteiger partial charge in [-0.2, -0.15) is 6.08 Å². The molecule has 1 atom stereocenters. The first kappa shape index (κ1) is 18.7. The van der Waals surface area contributed by atoms with Gasteiger partial charge in [0.25, 0.3) is 0 Å². The summed E-state index contributed by atoms with van der Waals surface area (Å²) < 4.78 is 4.65. The van der Waals surface area contributed by atoms with E-state index in [1.807, 2.05) is 0 Å². The minimum Gasteiger partial charge on any atom is -0.699 e. The molecule has 0 aromatic heterocycles. The number of hydrogen-bond donors (Lipinski definition) is 1. The van der Waals surface area contributed by atoms with E-state index in [-0.39, 0.29) is 57.0 Å². The molecule has 1 aliphatic rings. The van der Waals surface area contributed by atoms with Gasteiger partial charge in [0.15, 0.2) is 0 Å². The number of carbonyl (C=O) groups excluding carboxylic acids is 3. The van der Waals surface area contributed by atoms with E-state index in [2.05, 4.69) is 28.2 Å². The number of ether oxygens (including phenoxy) is 1. The molecule has 20 heavy (non-hydrogen) atoms. The number of carbonyl (C=O) groups is 3. The summed E-state index contributed by atoms with van der Waals surface area (Å²) in [6.07, 6.45) is 7.20. The van der Waals surface area contributed by atoms with Crippen LogP contribution in [-0.4, -0.2) is 30.9 Å². The fourth-order valence-electron chi connectivity index (χ4n) is 1.44. The molecule has 3 amide bonds. The molecule has 0 aliphatic carbocycles. The van der Waals surface area contributed by atoms with E-state index in [1.165, 1.54) is 25.3 Å². The van der Waals surface area contributed by atoms with Gasteiger partial charge in [-0.15, -0.1) is 18.2 Å². The SMILES string of the molecule is C=C/C=C\C(=[C-]OC)C(=O)[N-]C1CCC(=O)NC1=O.[Y]. The zero-order chi connectivity index (χ0) is 14.3.